The van der Waals surface area contributed by atoms with Crippen LogP contribution < -0.4 is 10.1 Å². The van der Waals surface area contributed by atoms with Crippen LogP contribution in [0.1, 0.15) is 30.1 Å². The van der Waals surface area contributed by atoms with Crippen LogP contribution in [0.5, 0.6) is 5.75 Å². The number of oxazole rings is 1. The Kier molecular flexibility index (Phi) is 5.61. The molecule has 1 atom stereocenters. The second-order valence-corrected chi connectivity index (χ2v) is 5.35. The fraction of sp³-hybridized carbons (Fsp3) is 0.412. The Morgan fingerprint density at radius 3 is 2.74 bits per heavy atom. The van der Waals surface area contributed by atoms with Crippen LogP contribution in [0.15, 0.2) is 28.7 Å². The topological polar surface area (TPSA) is 74.3 Å². The molecule has 0 aliphatic heterocycles. The van der Waals surface area contributed by atoms with Gasteiger partial charge < -0.3 is 19.4 Å². The van der Waals surface area contributed by atoms with Gasteiger partial charge in [-0.25, -0.2) is 4.98 Å². The van der Waals surface area contributed by atoms with Crippen molar-refractivity contribution in [2.24, 2.45) is 0 Å². The van der Waals surface area contributed by atoms with Crippen molar-refractivity contribution in [3.8, 4) is 11.8 Å². The predicted octanol–water partition coefficient (Wildman–Crippen LogP) is 2.83. The van der Waals surface area contributed by atoms with E-state index in [1.807, 2.05) is 45.3 Å². The first kappa shape index (κ1) is 16.8. The van der Waals surface area contributed by atoms with Crippen molar-refractivity contribution < 1.29 is 9.15 Å². The number of aromatic nitrogens is 1. The first-order chi connectivity index (χ1) is 11.1. The van der Waals surface area contributed by atoms with Gasteiger partial charge in [0.05, 0.1) is 13.2 Å². The molecule has 0 bridgehead atoms. The van der Waals surface area contributed by atoms with Gasteiger partial charge in [0.15, 0.2) is 5.89 Å². The lowest BCUT2D eigenvalue weighted by Gasteiger charge is -2.26. The second kappa shape index (κ2) is 7.65. The minimum absolute atomic E-state index is 0.0628. The summed E-state index contributed by atoms with van der Waals surface area (Å²) in [5.74, 6) is 1.81. The number of hydrogen-bond acceptors (Lipinski definition) is 6. The SMILES string of the molecule is CCc1nc(C#N)c(NC[C@H](c2ccccc2OC)N(C)C)o1. The molecule has 0 aliphatic carbocycles. The number of likely N-dealkylation sites (N-methyl/N-ethyl adjacent to an activating group) is 1. The van der Waals surface area contributed by atoms with Gasteiger partial charge in [-0.3, -0.25) is 0 Å². The van der Waals surface area contributed by atoms with Gasteiger partial charge in [0.2, 0.25) is 11.6 Å². The minimum atomic E-state index is 0.0628. The molecule has 1 aromatic carbocycles. The Bertz CT molecular complexity index is 688. The van der Waals surface area contributed by atoms with E-state index in [1.54, 1.807) is 7.11 Å². The molecule has 0 fully saturated rings. The number of ether oxygens (including phenoxy) is 1. The Labute approximate surface area is 136 Å². The molecule has 0 saturated heterocycles. The highest BCUT2D eigenvalue weighted by Crippen LogP contribution is 2.28. The molecule has 2 rings (SSSR count). The van der Waals surface area contributed by atoms with Gasteiger partial charge in [-0.15, -0.1) is 0 Å². The lowest BCUT2D eigenvalue weighted by molar-refractivity contribution is 0.298. The van der Waals surface area contributed by atoms with Crippen molar-refractivity contribution in [3.05, 3.63) is 41.4 Å². The highest BCUT2D eigenvalue weighted by Gasteiger charge is 2.20. The van der Waals surface area contributed by atoms with Gasteiger partial charge in [-0.2, -0.15) is 5.26 Å². The first-order valence-corrected chi connectivity index (χ1v) is 7.53. The lowest BCUT2D eigenvalue weighted by atomic mass is 10.0. The van der Waals surface area contributed by atoms with Crippen molar-refractivity contribution in [1.29, 1.82) is 5.26 Å². The third-order valence-corrected chi connectivity index (χ3v) is 3.66. The molecular weight excluding hydrogens is 292 g/mol. The molecule has 0 saturated carbocycles. The van der Waals surface area contributed by atoms with Crippen molar-refractivity contribution in [2.75, 3.05) is 33.1 Å². The number of methoxy groups -OCH3 is 1. The predicted molar refractivity (Wildman–Crippen MR) is 88.5 cm³/mol. The number of para-hydroxylation sites is 1. The van der Waals surface area contributed by atoms with E-state index in [4.69, 9.17) is 14.4 Å². The van der Waals surface area contributed by atoms with Crippen molar-refractivity contribution in [2.45, 2.75) is 19.4 Å². The van der Waals surface area contributed by atoms with Crippen LogP contribution in [-0.2, 0) is 6.42 Å². The van der Waals surface area contributed by atoms with E-state index in [1.165, 1.54) is 0 Å². The summed E-state index contributed by atoms with van der Waals surface area (Å²) in [6.07, 6.45) is 0.653. The number of rotatable bonds is 7. The van der Waals surface area contributed by atoms with E-state index in [9.17, 15) is 0 Å². The molecule has 2 aromatic rings. The van der Waals surface area contributed by atoms with Crippen LogP contribution in [0.3, 0.4) is 0 Å². The average Bonchev–Trinajstić information content (AvgIpc) is 2.97. The number of nitriles is 1. The van der Waals surface area contributed by atoms with Crippen molar-refractivity contribution in [3.63, 3.8) is 0 Å². The molecule has 6 nitrogen and oxygen atoms in total. The van der Waals surface area contributed by atoms with Gasteiger partial charge in [-0.1, -0.05) is 25.1 Å². The van der Waals surface area contributed by atoms with Crippen LogP contribution in [0.25, 0.3) is 0 Å². The first-order valence-electron chi connectivity index (χ1n) is 7.53. The summed E-state index contributed by atoms with van der Waals surface area (Å²) < 4.78 is 11.0. The molecule has 0 spiro atoms. The summed E-state index contributed by atoms with van der Waals surface area (Å²) in [5, 5.41) is 12.4. The zero-order valence-electron chi connectivity index (χ0n) is 14.0. The molecule has 122 valence electrons. The number of hydrogen-bond donors (Lipinski definition) is 1. The largest absolute Gasteiger partial charge is 0.496 e. The Balaban J connectivity index is 2.21. The molecule has 6 heteroatoms. The normalized spacial score (nSPS) is 12.0. The zero-order valence-corrected chi connectivity index (χ0v) is 14.0. The third-order valence-electron chi connectivity index (χ3n) is 3.66. The summed E-state index contributed by atoms with van der Waals surface area (Å²) in [4.78, 5) is 6.24. The number of nitrogens with one attached hydrogen (secondary N) is 1. The third kappa shape index (κ3) is 3.82. The Hall–Kier alpha value is -2.52. The summed E-state index contributed by atoms with van der Waals surface area (Å²) in [6.45, 7) is 2.51. The van der Waals surface area contributed by atoms with E-state index in [0.29, 0.717) is 30.4 Å². The van der Waals surface area contributed by atoms with Crippen LogP contribution >= 0.6 is 0 Å². The lowest BCUT2D eigenvalue weighted by Crippen LogP contribution is -2.27. The van der Waals surface area contributed by atoms with Crippen molar-refractivity contribution in [1.82, 2.24) is 9.88 Å². The highest BCUT2D eigenvalue weighted by atomic mass is 16.5. The van der Waals surface area contributed by atoms with Gasteiger partial charge in [0.1, 0.15) is 11.8 Å². The van der Waals surface area contributed by atoms with Crippen LogP contribution in [0, 0.1) is 11.3 Å². The van der Waals surface area contributed by atoms with Gasteiger partial charge in [-0.05, 0) is 20.2 Å². The molecule has 0 amide bonds. The van der Waals surface area contributed by atoms with Crippen LogP contribution in [0.2, 0.25) is 0 Å². The number of nitrogens with zero attached hydrogens (tertiary/aromatic N) is 3. The van der Waals surface area contributed by atoms with Gasteiger partial charge in [0, 0.05) is 18.5 Å². The van der Waals surface area contributed by atoms with E-state index >= 15 is 0 Å². The zero-order chi connectivity index (χ0) is 16.8. The maximum atomic E-state index is 9.16. The van der Waals surface area contributed by atoms with E-state index in [2.05, 4.69) is 21.3 Å². The minimum Gasteiger partial charge on any atom is -0.496 e. The molecule has 1 N–H and O–H groups in total. The summed E-state index contributed by atoms with van der Waals surface area (Å²) >= 11 is 0. The van der Waals surface area contributed by atoms with Crippen molar-refractivity contribution >= 4 is 5.88 Å². The fourth-order valence-corrected chi connectivity index (χ4v) is 2.41. The van der Waals surface area contributed by atoms with E-state index in [0.717, 1.165) is 11.3 Å². The van der Waals surface area contributed by atoms with Crippen LogP contribution in [0.4, 0.5) is 5.88 Å². The maximum absolute atomic E-state index is 9.16. The second-order valence-electron chi connectivity index (χ2n) is 5.35. The Morgan fingerprint density at radius 1 is 1.39 bits per heavy atom. The smallest absolute Gasteiger partial charge is 0.232 e. The van der Waals surface area contributed by atoms with Gasteiger partial charge in [0.25, 0.3) is 0 Å². The molecular formula is C17H22N4O2. The summed E-state index contributed by atoms with van der Waals surface area (Å²) in [6, 6.07) is 10.0. The maximum Gasteiger partial charge on any atom is 0.232 e. The van der Waals surface area contributed by atoms with Gasteiger partial charge >= 0.3 is 0 Å². The molecule has 1 aromatic heterocycles. The standard InChI is InChI=1S/C17H22N4O2/c1-5-16-20-13(10-18)17(23-16)19-11-14(21(2)3)12-8-6-7-9-15(12)22-4/h6-9,14,19H,5,11H2,1-4H3/t14-/m1/s1. The molecule has 1 heterocycles. The quantitative estimate of drug-likeness (QED) is 0.847. The number of benzene rings is 1. The average molecular weight is 314 g/mol. The molecule has 23 heavy (non-hydrogen) atoms. The number of anilines is 1. The fourth-order valence-electron chi connectivity index (χ4n) is 2.41. The summed E-state index contributed by atoms with van der Waals surface area (Å²) in [7, 11) is 5.67. The summed E-state index contributed by atoms with van der Waals surface area (Å²) in [5.41, 5.74) is 1.36. The Morgan fingerprint density at radius 2 is 2.13 bits per heavy atom. The number of aryl methyl sites for hydroxylation is 1. The van der Waals surface area contributed by atoms with E-state index < -0.39 is 0 Å². The van der Waals surface area contributed by atoms with Crippen LogP contribution in [-0.4, -0.2) is 37.6 Å². The molecule has 0 radical (unpaired) electrons. The monoisotopic (exact) mass is 314 g/mol. The molecule has 0 aliphatic rings. The van der Waals surface area contributed by atoms with E-state index in [-0.39, 0.29) is 6.04 Å². The molecule has 0 unspecified atom stereocenters. The highest BCUT2D eigenvalue weighted by molar-refractivity contribution is 5.46.